The number of carbonyl (C=O) groups is 2. The van der Waals surface area contributed by atoms with Crippen LogP contribution in [0.2, 0.25) is 0 Å². The molecule has 3 rings (SSSR count). The molecule has 1 aromatic rings. The molecule has 0 spiro atoms. The highest BCUT2D eigenvalue weighted by Crippen LogP contribution is 2.41. The van der Waals surface area contributed by atoms with Crippen LogP contribution in [-0.4, -0.2) is 60.2 Å². The Bertz CT molecular complexity index is 691. The summed E-state index contributed by atoms with van der Waals surface area (Å²) in [7, 11) is 0. The van der Waals surface area contributed by atoms with E-state index in [-0.39, 0.29) is 18.9 Å². The van der Waals surface area contributed by atoms with Crippen LogP contribution < -0.4 is 0 Å². The van der Waals surface area contributed by atoms with Crippen molar-refractivity contribution in [3.05, 3.63) is 11.9 Å². The summed E-state index contributed by atoms with van der Waals surface area (Å²) in [5.74, 6) is -1.04. The lowest BCUT2D eigenvalue weighted by Crippen LogP contribution is -2.54. The van der Waals surface area contributed by atoms with Crippen molar-refractivity contribution in [3.63, 3.8) is 0 Å². The molecule has 25 heavy (non-hydrogen) atoms. The highest BCUT2D eigenvalue weighted by atomic mass is 16.4. The lowest BCUT2D eigenvalue weighted by atomic mass is 9.85. The molecular formula is C17H26N4O4. The van der Waals surface area contributed by atoms with E-state index in [9.17, 15) is 19.8 Å². The molecule has 1 amide bonds. The minimum atomic E-state index is -1.42. The summed E-state index contributed by atoms with van der Waals surface area (Å²) in [6.45, 7) is 7.24. The minimum Gasteiger partial charge on any atom is -0.480 e. The summed E-state index contributed by atoms with van der Waals surface area (Å²) >= 11 is 0. The molecular weight excluding hydrogens is 324 g/mol. The topological polar surface area (TPSA) is 109 Å². The van der Waals surface area contributed by atoms with Gasteiger partial charge in [-0.2, -0.15) is 0 Å². The Morgan fingerprint density at radius 1 is 1.36 bits per heavy atom. The average Bonchev–Trinajstić information content (AvgIpc) is 3.14. The van der Waals surface area contributed by atoms with Gasteiger partial charge in [0.05, 0.1) is 11.8 Å². The first-order valence-corrected chi connectivity index (χ1v) is 8.68. The molecule has 138 valence electrons. The van der Waals surface area contributed by atoms with Crippen molar-refractivity contribution in [1.29, 1.82) is 0 Å². The molecule has 0 aromatic carbocycles. The molecule has 2 N–H and O–H groups in total. The van der Waals surface area contributed by atoms with E-state index in [4.69, 9.17) is 0 Å². The van der Waals surface area contributed by atoms with E-state index in [1.165, 1.54) is 11.8 Å². The molecule has 1 saturated carbocycles. The molecule has 0 unspecified atom stereocenters. The zero-order chi connectivity index (χ0) is 18.6. The zero-order valence-corrected chi connectivity index (χ0v) is 15.1. The summed E-state index contributed by atoms with van der Waals surface area (Å²) in [5.41, 5.74) is -1.03. The van der Waals surface area contributed by atoms with Crippen LogP contribution in [0.3, 0.4) is 0 Å². The van der Waals surface area contributed by atoms with Gasteiger partial charge in [-0.15, -0.1) is 5.10 Å². The van der Waals surface area contributed by atoms with Crippen LogP contribution in [0.5, 0.6) is 0 Å². The number of aliphatic hydroxyl groups excluding tert-OH is 1. The van der Waals surface area contributed by atoms with E-state index in [0.29, 0.717) is 5.92 Å². The number of carboxylic acid groups (broad SMARTS) is 1. The maximum Gasteiger partial charge on any atom is 0.329 e. The van der Waals surface area contributed by atoms with Gasteiger partial charge >= 0.3 is 5.97 Å². The third kappa shape index (κ3) is 3.15. The second kappa shape index (κ2) is 5.79. The predicted octanol–water partition coefficient (Wildman–Crippen LogP) is 1.18. The molecule has 3 atom stereocenters. The molecule has 0 bridgehead atoms. The molecule has 0 radical (unpaired) electrons. The number of aliphatic carboxylic acids is 1. The van der Waals surface area contributed by atoms with Crippen molar-refractivity contribution in [2.75, 3.05) is 6.54 Å². The summed E-state index contributed by atoms with van der Waals surface area (Å²) < 4.78 is 1.56. The maximum absolute atomic E-state index is 13.3. The van der Waals surface area contributed by atoms with Crippen LogP contribution in [0.15, 0.2) is 6.20 Å². The second-order valence-corrected chi connectivity index (χ2v) is 8.55. The largest absolute Gasteiger partial charge is 0.480 e. The van der Waals surface area contributed by atoms with Crippen molar-refractivity contribution >= 4 is 11.9 Å². The number of amides is 1. The SMILES string of the molecule is CC(C)(C)[C@@H](C(=O)N1C[C@H](O)C[C@@]1(C)C(=O)O)n1cc(C2CC2)nn1. The average molecular weight is 350 g/mol. The number of rotatable bonds is 4. The van der Waals surface area contributed by atoms with Crippen LogP contribution in [0, 0.1) is 5.41 Å². The number of likely N-dealkylation sites (tertiary alicyclic amines) is 1. The Balaban J connectivity index is 1.95. The van der Waals surface area contributed by atoms with E-state index in [1.54, 1.807) is 10.9 Å². The van der Waals surface area contributed by atoms with Gasteiger partial charge in [0.1, 0.15) is 11.6 Å². The molecule has 1 aliphatic carbocycles. The number of hydrogen-bond acceptors (Lipinski definition) is 5. The fourth-order valence-corrected chi connectivity index (χ4v) is 3.59. The van der Waals surface area contributed by atoms with Crippen molar-refractivity contribution in [1.82, 2.24) is 19.9 Å². The van der Waals surface area contributed by atoms with Crippen LogP contribution in [0.4, 0.5) is 0 Å². The quantitative estimate of drug-likeness (QED) is 0.844. The maximum atomic E-state index is 13.3. The van der Waals surface area contributed by atoms with Crippen molar-refractivity contribution < 1.29 is 19.8 Å². The Morgan fingerprint density at radius 3 is 2.52 bits per heavy atom. The normalized spacial score (nSPS) is 28.2. The number of aliphatic hydroxyl groups is 1. The second-order valence-electron chi connectivity index (χ2n) is 8.55. The molecule has 1 aromatic heterocycles. The van der Waals surface area contributed by atoms with E-state index in [1.807, 2.05) is 20.8 Å². The summed E-state index contributed by atoms with van der Waals surface area (Å²) in [6.07, 6.45) is 3.15. The fraction of sp³-hybridized carbons (Fsp3) is 0.765. The van der Waals surface area contributed by atoms with Crippen LogP contribution in [0.1, 0.15) is 64.6 Å². The van der Waals surface area contributed by atoms with E-state index >= 15 is 0 Å². The fourth-order valence-electron chi connectivity index (χ4n) is 3.59. The smallest absolute Gasteiger partial charge is 0.329 e. The Kier molecular flexibility index (Phi) is 4.14. The first kappa shape index (κ1) is 17.8. The molecule has 8 heteroatoms. The molecule has 2 aliphatic rings. The number of carbonyl (C=O) groups excluding carboxylic acids is 1. The summed E-state index contributed by atoms with van der Waals surface area (Å²) in [4.78, 5) is 26.4. The van der Waals surface area contributed by atoms with Crippen LogP contribution in [0.25, 0.3) is 0 Å². The highest BCUT2D eigenvalue weighted by Gasteiger charge is 2.52. The number of aromatic nitrogens is 3. The van der Waals surface area contributed by atoms with Gasteiger partial charge in [0.15, 0.2) is 0 Å². The lowest BCUT2D eigenvalue weighted by molar-refractivity contribution is -0.158. The minimum absolute atomic E-state index is 0.0123. The van der Waals surface area contributed by atoms with E-state index in [2.05, 4.69) is 10.3 Å². The van der Waals surface area contributed by atoms with E-state index < -0.39 is 29.1 Å². The summed E-state index contributed by atoms with van der Waals surface area (Å²) in [6, 6.07) is -0.684. The lowest BCUT2D eigenvalue weighted by Gasteiger charge is -2.37. The van der Waals surface area contributed by atoms with Crippen molar-refractivity contribution in [2.24, 2.45) is 5.41 Å². The van der Waals surface area contributed by atoms with Gasteiger partial charge < -0.3 is 15.1 Å². The van der Waals surface area contributed by atoms with Gasteiger partial charge in [0.25, 0.3) is 0 Å². The standard InChI is InChI=1S/C17H26N4O4/c1-16(2,3)13(21-9-12(18-19-21)10-5-6-10)14(23)20-8-11(22)7-17(20,4)15(24)25/h9-11,13,22H,5-8H2,1-4H3,(H,24,25)/t11-,13-,17+/m1/s1. The van der Waals surface area contributed by atoms with Gasteiger partial charge in [-0.1, -0.05) is 26.0 Å². The summed E-state index contributed by atoms with van der Waals surface area (Å²) in [5, 5.41) is 27.9. The van der Waals surface area contributed by atoms with Gasteiger partial charge in [-0.3, -0.25) is 4.79 Å². The van der Waals surface area contributed by atoms with Crippen LogP contribution >= 0.6 is 0 Å². The molecule has 1 aliphatic heterocycles. The first-order chi connectivity index (χ1) is 11.5. The van der Waals surface area contributed by atoms with Crippen LogP contribution in [-0.2, 0) is 9.59 Å². The van der Waals surface area contributed by atoms with Crippen molar-refractivity contribution in [3.8, 4) is 0 Å². The number of hydrogen-bond donors (Lipinski definition) is 2. The van der Waals surface area contributed by atoms with Gasteiger partial charge in [0.2, 0.25) is 5.91 Å². The Labute approximate surface area is 146 Å². The monoisotopic (exact) mass is 350 g/mol. The molecule has 1 saturated heterocycles. The van der Waals surface area contributed by atoms with Gasteiger partial charge in [-0.25, -0.2) is 9.48 Å². The Hall–Kier alpha value is -1.96. The number of carboxylic acids is 1. The zero-order valence-electron chi connectivity index (χ0n) is 15.1. The first-order valence-electron chi connectivity index (χ1n) is 8.68. The third-order valence-corrected chi connectivity index (χ3v) is 5.19. The van der Waals surface area contributed by atoms with Gasteiger partial charge in [-0.05, 0) is 25.2 Å². The molecule has 2 heterocycles. The number of β-amino-alcohol motifs (C(OH)–C–C–N with tert-alkyl or cyclic N) is 1. The highest BCUT2D eigenvalue weighted by molar-refractivity contribution is 5.89. The molecule has 2 fully saturated rings. The predicted molar refractivity (Wildman–Crippen MR) is 88.9 cm³/mol. The van der Waals surface area contributed by atoms with Crippen molar-refractivity contribution in [2.45, 2.75) is 70.6 Å². The Morgan fingerprint density at radius 2 is 2.00 bits per heavy atom. The number of nitrogens with zero attached hydrogens (tertiary/aromatic N) is 4. The molecule has 8 nitrogen and oxygen atoms in total. The van der Waals surface area contributed by atoms with E-state index in [0.717, 1.165) is 18.5 Å². The van der Waals surface area contributed by atoms with Gasteiger partial charge in [0, 0.05) is 25.1 Å². The third-order valence-electron chi connectivity index (χ3n) is 5.19.